The Balaban J connectivity index is 2.21. The van der Waals surface area contributed by atoms with E-state index in [2.05, 4.69) is 0 Å². The molecule has 0 saturated carbocycles. The summed E-state index contributed by atoms with van der Waals surface area (Å²) in [5.74, 6) is -0.101. The van der Waals surface area contributed by atoms with E-state index in [4.69, 9.17) is 16.3 Å². The number of ether oxygens (including phenoxy) is 1. The molecule has 1 fully saturated rings. The number of hydrogen-bond acceptors (Lipinski definition) is 3. The summed E-state index contributed by atoms with van der Waals surface area (Å²) in [6.07, 6.45) is 0.0396. The fourth-order valence-electron chi connectivity index (χ4n) is 1.99. The largest absolute Gasteiger partial charge is 0.506 e. The van der Waals surface area contributed by atoms with E-state index in [9.17, 15) is 9.90 Å². The second-order valence-corrected chi connectivity index (χ2v) is 5.02. The molecule has 4 nitrogen and oxygen atoms in total. The molecule has 1 aliphatic heterocycles. The summed E-state index contributed by atoms with van der Waals surface area (Å²) in [6, 6.07) is 4.55. The second-order valence-electron chi connectivity index (χ2n) is 4.62. The van der Waals surface area contributed by atoms with E-state index in [1.807, 2.05) is 13.8 Å². The molecule has 1 N–H and O–H groups in total. The van der Waals surface area contributed by atoms with Crippen molar-refractivity contribution in [1.29, 1.82) is 0 Å². The van der Waals surface area contributed by atoms with Crippen LogP contribution in [0.15, 0.2) is 18.2 Å². The van der Waals surface area contributed by atoms with Gasteiger partial charge in [0.25, 0.3) is 5.91 Å². The van der Waals surface area contributed by atoms with Crippen LogP contribution < -0.4 is 0 Å². The van der Waals surface area contributed by atoms with Crippen LogP contribution in [0.2, 0.25) is 5.02 Å². The van der Waals surface area contributed by atoms with Crippen molar-refractivity contribution in [3.8, 4) is 5.75 Å². The number of phenolic OH excluding ortho intramolecular Hbond substituents is 1. The Kier molecular flexibility index (Phi) is 3.78. The number of amides is 1. The zero-order chi connectivity index (χ0) is 13.3. The maximum atomic E-state index is 12.3. The van der Waals surface area contributed by atoms with Gasteiger partial charge in [0, 0.05) is 12.1 Å². The molecule has 0 radical (unpaired) electrons. The summed E-state index contributed by atoms with van der Waals surface area (Å²) >= 11 is 5.82. The highest BCUT2D eigenvalue weighted by molar-refractivity contribution is 6.32. The normalized spacial score (nSPS) is 24.1. The number of morpholine rings is 1. The Labute approximate surface area is 111 Å². The van der Waals surface area contributed by atoms with Crippen LogP contribution in [-0.2, 0) is 4.74 Å². The van der Waals surface area contributed by atoms with Crippen LogP contribution in [0.4, 0.5) is 0 Å². The van der Waals surface area contributed by atoms with Gasteiger partial charge >= 0.3 is 0 Å². The summed E-state index contributed by atoms with van der Waals surface area (Å²) < 4.78 is 5.49. The first-order chi connectivity index (χ1) is 8.49. The summed E-state index contributed by atoms with van der Waals surface area (Å²) in [5.41, 5.74) is 0.485. The molecule has 2 rings (SSSR count). The molecule has 0 aliphatic carbocycles. The van der Waals surface area contributed by atoms with Crippen LogP contribution in [0, 0.1) is 0 Å². The zero-order valence-corrected chi connectivity index (χ0v) is 11.1. The number of nitrogens with zero attached hydrogens (tertiary/aromatic N) is 1. The lowest BCUT2D eigenvalue weighted by Crippen LogP contribution is -2.50. The Morgan fingerprint density at radius 1 is 1.50 bits per heavy atom. The van der Waals surface area contributed by atoms with E-state index in [1.54, 1.807) is 11.0 Å². The monoisotopic (exact) mass is 269 g/mol. The van der Waals surface area contributed by atoms with Gasteiger partial charge in [-0.15, -0.1) is 0 Å². The third-order valence-corrected chi connectivity index (χ3v) is 3.37. The maximum absolute atomic E-state index is 12.3. The Hall–Kier alpha value is -1.26. The molecule has 1 amide bonds. The van der Waals surface area contributed by atoms with Crippen LogP contribution in [0.1, 0.15) is 24.2 Å². The van der Waals surface area contributed by atoms with Gasteiger partial charge in [-0.1, -0.05) is 11.6 Å². The summed E-state index contributed by atoms with van der Waals surface area (Å²) in [4.78, 5) is 14.1. The van der Waals surface area contributed by atoms with Crippen LogP contribution in [-0.4, -0.2) is 41.2 Å². The first kappa shape index (κ1) is 13.2. The van der Waals surface area contributed by atoms with E-state index >= 15 is 0 Å². The number of benzene rings is 1. The van der Waals surface area contributed by atoms with Crippen LogP contribution >= 0.6 is 11.6 Å². The first-order valence-corrected chi connectivity index (χ1v) is 6.28. The Morgan fingerprint density at radius 3 is 2.89 bits per heavy atom. The predicted octanol–water partition coefficient (Wildman–Crippen LogP) is 2.29. The molecule has 5 heteroatoms. The van der Waals surface area contributed by atoms with E-state index in [1.165, 1.54) is 12.1 Å². The van der Waals surface area contributed by atoms with Crippen molar-refractivity contribution in [3.63, 3.8) is 0 Å². The van der Waals surface area contributed by atoms with Crippen molar-refractivity contribution in [2.45, 2.75) is 26.0 Å². The molecule has 0 bridgehead atoms. The summed E-state index contributed by atoms with van der Waals surface area (Å²) in [6.45, 7) is 5.00. The van der Waals surface area contributed by atoms with Gasteiger partial charge in [0.05, 0.1) is 23.8 Å². The van der Waals surface area contributed by atoms with E-state index in [-0.39, 0.29) is 28.8 Å². The number of hydrogen-bond donors (Lipinski definition) is 1. The lowest BCUT2D eigenvalue weighted by atomic mass is 10.1. The molecular formula is C13H16ClNO3. The highest BCUT2D eigenvalue weighted by Crippen LogP contribution is 2.25. The van der Waals surface area contributed by atoms with Crippen molar-refractivity contribution in [1.82, 2.24) is 4.90 Å². The number of carbonyl (C=O) groups is 1. The molecule has 0 aromatic heterocycles. The van der Waals surface area contributed by atoms with Crippen molar-refractivity contribution in [3.05, 3.63) is 28.8 Å². The SMILES string of the molecule is CC1CN(C(=O)c2ccc(O)c(Cl)c2)C(C)CO1. The standard InChI is InChI=1S/C13H16ClNO3/c1-8-7-18-9(2)6-15(8)13(17)10-3-4-12(16)11(14)5-10/h3-5,8-9,16H,6-7H2,1-2H3. The van der Waals surface area contributed by atoms with Gasteiger partial charge in [0.15, 0.2) is 0 Å². The third-order valence-electron chi connectivity index (χ3n) is 3.06. The molecule has 1 aromatic rings. The maximum Gasteiger partial charge on any atom is 0.254 e. The predicted molar refractivity (Wildman–Crippen MR) is 69.0 cm³/mol. The molecule has 1 aliphatic rings. The highest BCUT2D eigenvalue weighted by atomic mass is 35.5. The number of rotatable bonds is 1. The quantitative estimate of drug-likeness (QED) is 0.851. The van der Waals surface area contributed by atoms with Crippen molar-refractivity contribution < 1.29 is 14.6 Å². The zero-order valence-electron chi connectivity index (χ0n) is 10.4. The lowest BCUT2D eigenvalue weighted by Gasteiger charge is -2.36. The second kappa shape index (κ2) is 5.16. The topological polar surface area (TPSA) is 49.8 Å². The third kappa shape index (κ3) is 2.60. The average molecular weight is 270 g/mol. The number of carbonyl (C=O) groups excluding carboxylic acids is 1. The molecule has 2 atom stereocenters. The van der Waals surface area contributed by atoms with Gasteiger partial charge in [0.2, 0.25) is 0 Å². The van der Waals surface area contributed by atoms with Gasteiger partial charge in [0.1, 0.15) is 5.75 Å². The number of halogens is 1. The van der Waals surface area contributed by atoms with E-state index in [0.29, 0.717) is 18.7 Å². The van der Waals surface area contributed by atoms with Gasteiger partial charge in [-0.05, 0) is 32.0 Å². The van der Waals surface area contributed by atoms with E-state index < -0.39 is 0 Å². The summed E-state index contributed by atoms with van der Waals surface area (Å²) in [5, 5.41) is 9.54. The molecule has 1 heterocycles. The average Bonchev–Trinajstić information content (AvgIpc) is 2.35. The fraction of sp³-hybridized carbons (Fsp3) is 0.462. The first-order valence-electron chi connectivity index (χ1n) is 5.90. The van der Waals surface area contributed by atoms with Crippen molar-refractivity contribution >= 4 is 17.5 Å². The minimum Gasteiger partial charge on any atom is -0.506 e. The Morgan fingerprint density at radius 2 is 2.22 bits per heavy atom. The highest BCUT2D eigenvalue weighted by Gasteiger charge is 2.28. The summed E-state index contributed by atoms with van der Waals surface area (Å²) in [7, 11) is 0. The molecular weight excluding hydrogens is 254 g/mol. The van der Waals surface area contributed by atoms with E-state index in [0.717, 1.165) is 0 Å². The molecule has 0 spiro atoms. The fourth-order valence-corrected chi connectivity index (χ4v) is 2.17. The Bertz CT molecular complexity index is 464. The molecule has 1 aromatic carbocycles. The number of phenols is 1. The van der Waals surface area contributed by atoms with Crippen LogP contribution in [0.25, 0.3) is 0 Å². The molecule has 1 saturated heterocycles. The molecule has 18 heavy (non-hydrogen) atoms. The minimum absolute atomic E-state index is 0.0170. The van der Waals surface area contributed by atoms with Gasteiger partial charge in [-0.25, -0.2) is 0 Å². The number of aromatic hydroxyl groups is 1. The van der Waals surface area contributed by atoms with Crippen LogP contribution in [0.5, 0.6) is 5.75 Å². The van der Waals surface area contributed by atoms with Gasteiger partial charge < -0.3 is 14.7 Å². The van der Waals surface area contributed by atoms with Gasteiger partial charge in [-0.2, -0.15) is 0 Å². The van der Waals surface area contributed by atoms with Gasteiger partial charge in [-0.3, -0.25) is 4.79 Å². The minimum atomic E-state index is -0.0837. The van der Waals surface area contributed by atoms with Crippen LogP contribution in [0.3, 0.4) is 0 Å². The molecule has 98 valence electrons. The lowest BCUT2D eigenvalue weighted by molar-refractivity contribution is -0.0387. The molecule has 2 unspecified atom stereocenters. The van der Waals surface area contributed by atoms with Crippen molar-refractivity contribution in [2.24, 2.45) is 0 Å². The van der Waals surface area contributed by atoms with Crippen molar-refractivity contribution in [2.75, 3.05) is 13.2 Å². The smallest absolute Gasteiger partial charge is 0.254 e.